The van der Waals surface area contributed by atoms with Gasteiger partial charge in [-0.1, -0.05) is 26.0 Å². The molecule has 1 nitrogen and oxygen atoms in total. The molecule has 12 heavy (non-hydrogen) atoms. The van der Waals surface area contributed by atoms with E-state index in [1.807, 2.05) is 0 Å². The van der Waals surface area contributed by atoms with Gasteiger partial charge in [-0.15, -0.1) is 0 Å². The molecule has 0 aromatic heterocycles. The van der Waals surface area contributed by atoms with E-state index in [0.717, 1.165) is 6.54 Å². The summed E-state index contributed by atoms with van der Waals surface area (Å²) in [5, 5.41) is 3.45. The Kier molecular flexibility index (Phi) is 1.82. The Hall–Kier alpha value is -0.250. The quantitative estimate of drug-likeness (QED) is 0.716. The summed E-state index contributed by atoms with van der Waals surface area (Å²) in [5.41, 5.74) is 3.09. The molecule has 0 radical (unpaired) electrons. The summed E-state index contributed by atoms with van der Waals surface area (Å²) < 4.78 is 1.33. The summed E-state index contributed by atoms with van der Waals surface area (Å²) >= 11 is 2.38. The lowest BCUT2D eigenvalue weighted by atomic mass is 9.87. The fraction of sp³-hybridized carbons (Fsp3) is 0.400. The Morgan fingerprint density at radius 2 is 2.17 bits per heavy atom. The van der Waals surface area contributed by atoms with Crippen LogP contribution in [0, 0.1) is 3.57 Å². The molecule has 0 aliphatic carbocycles. The zero-order valence-corrected chi connectivity index (χ0v) is 9.47. The Morgan fingerprint density at radius 1 is 1.42 bits per heavy atom. The maximum atomic E-state index is 3.45. The molecule has 1 heterocycles. The molecule has 0 fully saturated rings. The Labute approximate surface area is 86.7 Å². The molecule has 1 aliphatic rings. The summed E-state index contributed by atoms with van der Waals surface area (Å²) in [4.78, 5) is 0. The van der Waals surface area contributed by atoms with E-state index in [9.17, 15) is 0 Å². The van der Waals surface area contributed by atoms with E-state index in [1.165, 1.54) is 14.8 Å². The molecule has 0 amide bonds. The maximum absolute atomic E-state index is 3.45. The molecule has 0 saturated carbocycles. The Balaban J connectivity index is 2.61. The van der Waals surface area contributed by atoms with Gasteiger partial charge in [-0.3, -0.25) is 0 Å². The first-order valence-electron chi connectivity index (χ1n) is 4.14. The minimum Gasteiger partial charge on any atom is -0.383 e. The minimum absolute atomic E-state index is 0.302. The second-order valence-electron chi connectivity index (χ2n) is 3.90. The molecule has 2 rings (SSSR count). The van der Waals surface area contributed by atoms with E-state index < -0.39 is 0 Å². The number of hydrogen-bond donors (Lipinski definition) is 1. The lowest BCUT2D eigenvalue weighted by Gasteiger charge is -2.16. The first-order valence-corrected chi connectivity index (χ1v) is 5.22. The van der Waals surface area contributed by atoms with Gasteiger partial charge in [-0.05, 0) is 34.2 Å². The van der Waals surface area contributed by atoms with Crippen molar-refractivity contribution in [3.8, 4) is 0 Å². The van der Waals surface area contributed by atoms with Gasteiger partial charge in [0, 0.05) is 15.5 Å². The fourth-order valence-electron chi connectivity index (χ4n) is 1.67. The molecule has 0 spiro atoms. The van der Waals surface area contributed by atoms with Gasteiger partial charge in [-0.2, -0.15) is 0 Å². The van der Waals surface area contributed by atoms with Gasteiger partial charge in [0.2, 0.25) is 0 Å². The van der Waals surface area contributed by atoms with Crippen LogP contribution in [0.15, 0.2) is 18.2 Å². The zero-order valence-electron chi connectivity index (χ0n) is 7.32. The number of benzene rings is 1. The second-order valence-corrected chi connectivity index (χ2v) is 5.06. The SMILES string of the molecule is CC1(C)CNc2c(I)cccc21. The number of halogens is 1. The molecule has 0 saturated heterocycles. The van der Waals surface area contributed by atoms with E-state index in [4.69, 9.17) is 0 Å². The van der Waals surface area contributed by atoms with Crippen molar-refractivity contribution in [3.63, 3.8) is 0 Å². The molecular weight excluding hydrogens is 261 g/mol. The largest absolute Gasteiger partial charge is 0.383 e. The van der Waals surface area contributed by atoms with Crippen LogP contribution in [0.2, 0.25) is 0 Å². The van der Waals surface area contributed by atoms with Gasteiger partial charge >= 0.3 is 0 Å². The van der Waals surface area contributed by atoms with Crippen LogP contribution in [0.4, 0.5) is 5.69 Å². The van der Waals surface area contributed by atoms with Crippen LogP contribution in [0.5, 0.6) is 0 Å². The van der Waals surface area contributed by atoms with Crippen LogP contribution in [0.3, 0.4) is 0 Å². The van der Waals surface area contributed by atoms with Gasteiger partial charge < -0.3 is 5.32 Å². The number of anilines is 1. The van der Waals surface area contributed by atoms with Crippen molar-refractivity contribution < 1.29 is 0 Å². The molecule has 0 unspecified atom stereocenters. The topological polar surface area (TPSA) is 12.0 Å². The van der Waals surface area contributed by atoms with Crippen LogP contribution in [-0.4, -0.2) is 6.54 Å². The summed E-state index contributed by atoms with van der Waals surface area (Å²) in [6.07, 6.45) is 0. The Morgan fingerprint density at radius 3 is 2.83 bits per heavy atom. The van der Waals surface area contributed by atoms with Gasteiger partial charge in [0.05, 0.1) is 5.69 Å². The molecule has 1 aliphatic heterocycles. The minimum atomic E-state index is 0.302. The third-order valence-electron chi connectivity index (χ3n) is 2.45. The predicted molar refractivity (Wildman–Crippen MR) is 60.7 cm³/mol. The standard InChI is InChI=1S/C10H12IN/c1-10(2)6-12-9-7(10)4-3-5-8(9)11/h3-5,12H,6H2,1-2H3. The van der Waals surface area contributed by atoms with E-state index in [0.29, 0.717) is 5.41 Å². The highest BCUT2D eigenvalue weighted by molar-refractivity contribution is 14.1. The zero-order chi connectivity index (χ0) is 8.77. The van der Waals surface area contributed by atoms with Crippen molar-refractivity contribution >= 4 is 28.3 Å². The van der Waals surface area contributed by atoms with Crippen molar-refractivity contribution in [2.24, 2.45) is 0 Å². The number of hydrogen-bond acceptors (Lipinski definition) is 1. The molecule has 64 valence electrons. The highest BCUT2D eigenvalue weighted by Gasteiger charge is 2.30. The molecule has 1 N–H and O–H groups in total. The summed E-state index contributed by atoms with van der Waals surface area (Å²) in [5.74, 6) is 0. The number of para-hydroxylation sites is 1. The van der Waals surface area contributed by atoms with Crippen LogP contribution in [-0.2, 0) is 5.41 Å². The van der Waals surface area contributed by atoms with Gasteiger partial charge in [0.1, 0.15) is 0 Å². The van der Waals surface area contributed by atoms with E-state index in [-0.39, 0.29) is 0 Å². The van der Waals surface area contributed by atoms with E-state index in [2.05, 4.69) is 60.0 Å². The van der Waals surface area contributed by atoms with Crippen molar-refractivity contribution in [2.75, 3.05) is 11.9 Å². The number of fused-ring (bicyclic) bond motifs is 1. The number of rotatable bonds is 0. The van der Waals surface area contributed by atoms with Crippen LogP contribution < -0.4 is 5.32 Å². The van der Waals surface area contributed by atoms with Crippen molar-refractivity contribution in [1.29, 1.82) is 0 Å². The lowest BCUT2D eigenvalue weighted by Crippen LogP contribution is -2.18. The van der Waals surface area contributed by atoms with Crippen molar-refractivity contribution in [2.45, 2.75) is 19.3 Å². The molecular formula is C10H12IN. The first-order chi connectivity index (χ1) is 5.61. The third-order valence-corrected chi connectivity index (χ3v) is 3.35. The smallest absolute Gasteiger partial charge is 0.0514 e. The van der Waals surface area contributed by atoms with E-state index in [1.54, 1.807) is 0 Å². The molecule has 1 aromatic rings. The van der Waals surface area contributed by atoms with Gasteiger partial charge in [0.15, 0.2) is 0 Å². The monoisotopic (exact) mass is 273 g/mol. The maximum Gasteiger partial charge on any atom is 0.0514 e. The second kappa shape index (κ2) is 2.62. The highest BCUT2D eigenvalue weighted by atomic mass is 127. The van der Waals surface area contributed by atoms with Crippen LogP contribution in [0.1, 0.15) is 19.4 Å². The van der Waals surface area contributed by atoms with Crippen LogP contribution >= 0.6 is 22.6 Å². The first kappa shape index (κ1) is 8.35. The van der Waals surface area contributed by atoms with Crippen molar-refractivity contribution in [1.82, 2.24) is 0 Å². The molecule has 2 heteroatoms. The van der Waals surface area contributed by atoms with Gasteiger partial charge in [0.25, 0.3) is 0 Å². The van der Waals surface area contributed by atoms with Crippen LogP contribution in [0.25, 0.3) is 0 Å². The summed E-state index contributed by atoms with van der Waals surface area (Å²) in [7, 11) is 0. The molecule has 0 atom stereocenters. The normalized spacial score (nSPS) is 18.6. The molecule has 1 aromatic carbocycles. The highest BCUT2D eigenvalue weighted by Crippen LogP contribution is 2.38. The fourth-order valence-corrected chi connectivity index (χ4v) is 2.36. The average Bonchev–Trinajstić information content (AvgIpc) is 2.30. The Bertz CT molecular complexity index is 318. The predicted octanol–water partition coefficient (Wildman–Crippen LogP) is 2.99. The number of nitrogens with one attached hydrogen (secondary N) is 1. The summed E-state index contributed by atoms with van der Waals surface area (Å²) in [6, 6.07) is 6.50. The third kappa shape index (κ3) is 1.13. The lowest BCUT2D eigenvalue weighted by molar-refractivity contribution is 0.586. The molecule has 0 bridgehead atoms. The average molecular weight is 273 g/mol. The van der Waals surface area contributed by atoms with E-state index >= 15 is 0 Å². The summed E-state index contributed by atoms with van der Waals surface area (Å²) in [6.45, 7) is 5.62. The van der Waals surface area contributed by atoms with Gasteiger partial charge in [-0.25, -0.2) is 0 Å². The van der Waals surface area contributed by atoms with Crippen molar-refractivity contribution in [3.05, 3.63) is 27.3 Å².